The molecule has 1 atom stereocenters. The number of ether oxygens (including phenoxy) is 1. The second-order valence-corrected chi connectivity index (χ2v) is 6.83. The lowest BCUT2D eigenvalue weighted by Gasteiger charge is -2.38. The van der Waals surface area contributed by atoms with Crippen LogP contribution in [-0.2, 0) is 4.74 Å². The maximum Gasteiger partial charge on any atom is 0.137 e. The molecule has 3 N–H and O–H groups in total. The first-order valence-electron chi connectivity index (χ1n) is 9.46. The average molecular weight is 326 g/mol. The average Bonchev–Trinajstić information content (AvgIpc) is 2.60. The van der Waals surface area contributed by atoms with Crippen LogP contribution in [0.3, 0.4) is 0 Å². The highest BCUT2D eigenvalue weighted by atomic mass is 16.5. The molecule has 0 saturated carbocycles. The van der Waals surface area contributed by atoms with Crippen LogP contribution in [0, 0.1) is 6.92 Å². The molecule has 4 rings (SSSR count). The number of aromatic nitrogens is 2. The first-order chi connectivity index (χ1) is 12.4. The molecular formula is C19H24N4O. The van der Waals surface area contributed by atoms with E-state index in [0.29, 0.717) is 5.82 Å². The van der Waals surface area contributed by atoms with Crippen molar-refractivity contribution in [3.63, 3.8) is 0 Å². The molecule has 1 unspecified atom stereocenters. The van der Waals surface area contributed by atoms with Gasteiger partial charge in [0.1, 0.15) is 11.6 Å². The molecule has 5 heteroatoms. The monoisotopic (exact) mass is 326 g/mol. The Bertz CT molecular complexity index is 864. The van der Waals surface area contributed by atoms with Crippen molar-refractivity contribution >= 4 is 16.7 Å². The molecule has 1 aliphatic heterocycles. The van der Waals surface area contributed by atoms with E-state index in [2.05, 4.69) is 17.5 Å². The fraction of sp³-hybridized carbons (Fsp3) is 0.474. The van der Waals surface area contributed by atoms with Gasteiger partial charge in [0.25, 0.3) is 0 Å². The standard InChI is InChI=1S/C19H24N4O/c1-13-7-8-16-15(9-13)18(21-10-19(20)11-24-12-19)23-17(22-16)14-5-3-2-4-6-14/h2-3,7-9,14H,4-6,10-12,20H2,1H3,(H,21,22,23)/i10D2. The minimum atomic E-state index is -1.83. The highest BCUT2D eigenvalue weighted by Gasteiger charge is 2.34. The molecule has 1 aromatic heterocycles. The van der Waals surface area contributed by atoms with E-state index in [1.165, 1.54) is 0 Å². The van der Waals surface area contributed by atoms with Crippen molar-refractivity contribution in [2.24, 2.45) is 5.73 Å². The summed E-state index contributed by atoms with van der Waals surface area (Å²) in [6, 6.07) is 5.97. The molecule has 5 nitrogen and oxygen atoms in total. The normalized spacial score (nSPS) is 24.2. The van der Waals surface area contributed by atoms with E-state index >= 15 is 0 Å². The summed E-state index contributed by atoms with van der Waals surface area (Å²) in [5.41, 5.74) is 7.01. The summed E-state index contributed by atoms with van der Waals surface area (Å²) < 4.78 is 22.0. The summed E-state index contributed by atoms with van der Waals surface area (Å²) in [7, 11) is 0. The molecule has 2 heterocycles. The molecule has 126 valence electrons. The van der Waals surface area contributed by atoms with Crippen LogP contribution in [0.2, 0.25) is 0 Å². The number of aryl methyl sites for hydroxylation is 1. The minimum absolute atomic E-state index is 0.190. The first-order valence-corrected chi connectivity index (χ1v) is 8.46. The molecule has 2 aliphatic rings. The molecule has 0 bridgehead atoms. The van der Waals surface area contributed by atoms with E-state index in [9.17, 15) is 0 Å². The van der Waals surface area contributed by atoms with Crippen LogP contribution in [0.25, 0.3) is 10.9 Å². The predicted octanol–water partition coefficient (Wildman–Crippen LogP) is 2.90. The van der Waals surface area contributed by atoms with Gasteiger partial charge in [0, 0.05) is 17.8 Å². The van der Waals surface area contributed by atoms with Gasteiger partial charge in [0.05, 0.1) is 27.0 Å². The number of allylic oxidation sites excluding steroid dienone is 2. The second kappa shape index (κ2) is 6.15. The number of fused-ring (bicyclic) bond motifs is 1. The fourth-order valence-corrected chi connectivity index (χ4v) is 3.14. The molecule has 1 fully saturated rings. The fourth-order valence-electron chi connectivity index (χ4n) is 3.14. The van der Waals surface area contributed by atoms with Crippen LogP contribution in [0.1, 0.15) is 39.3 Å². The number of nitrogens with one attached hydrogen (secondary N) is 1. The van der Waals surface area contributed by atoms with Crippen molar-refractivity contribution in [2.75, 3.05) is 25.0 Å². The van der Waals surface area contributed by atoms with Crippen LogP contribution in [0.5, 0.6) is 0 Å². The molecule has 1 aromatic carbocycles. The van der Waals surface area contributed by atoms with Crippen molar-refractivity contribution in [3.8, 4) is 0 Å². The zero-order valence-electron chi connectivity index (χ0n) is 15.9. The highest BCUT2D eigenvalue weighted by Crippen LogP contribution is 2.30. The van der Waals surface area contributed by atoms with Crippen molar-refractivity contribution in [2.45, 2.75) is 37.6 Å². The van der Waals surface area contributed by atoms with E-state index in [-0.39, 0.29) is 19.1 Å². The highest BCUT2D eigenvalue weighted by molar-refractivity contribution is 5.89. The Morgan fingerprint density at radius 3 is 2.96 bits per heavy atom. The predicted molar refractivity (Wildman–Crippen MR) is 96.2 cm³/mol. The summed E-state index contributed by atoms with van der Waals surface area (Å²) in [4.78, 5) is 9.49. The number of rotatable bonds is 4. The quantitative estimate of drug-likeness (QED) is 0.845. The largest absolute Gasteiger partial charge is 0.377 e. The lowest BCUT2D eigenvalue weighted by atomic mass is 9.93. The number of hydrogen-bond donors (Lipinski definition) is 2. The molecule has 0 spiro atoms. The van der Waals surface area contributed by atoms with E-state index in [1.807, 2.05) is 25.1 Å². The topological polar surface area (TPSA) is 73.1 Å². The van der Waals surface area contributed by atoms with E-state index in [0.717, 1.165) is 41.6 Å². The van der Waals surface area contributed by atoms with Crippen molar-refractivity contribution < 1.29 is 7.48 Å². The molecule has 1 aliphatic carbocycles. The van der Waals surface area contributed by atoms with Crippen molar-refractivity contribution in [1.29, 1.82) is 0 Å². The zero-order chi connectivity index (χ0) is 18.4. The zero-order valence-corrected chi connectivity index (χ0v) is 13.9. The number of nitrogens with two attached hydrogens (primary N) is 1. The van der Waals surface area contributed by atoms with Gasteiger partial charge in [-0.2, -0.15) is 0 Å². The van der Waals surface area contributed by atoms with Crippen LogP contribution >= 0.6 is 0 Å². The lowest BCUT2D eigenvalue weighted by molar-refractivity contribution is -0.0461. The third-order valence-electron chi connectivity index (χ3n) is 4.65. The number of nitrogens with zero attached hydrogens (tertiary/aromatic N) is 2. The number of hydrogen-bond acceptors (Lipinski definition) is 5. The Morgan fingerprint density at radius 1 is 1.38 bits per heavy atom. The van der Waals surface area contributed by atoms with Crippen LogP contribution in [-0.4, -0.2) is 35.2 Å². The minimum Gasteiger partial charge on any atom is -0.377 e. The summed E-state index contributed by atoms with van der Waals surface area (Å²) >= 11 is 0. The Morgan fingerprint density at radius 2 is 2.25 bits per heavy atom. The van der Waals surface area contributed by atoms with Crippen molar-refractivity contribution in [3.05, 3.63) is 41.7 Å². The van der Waals surface area contributed by atoms with Gasteiger partial charge in [-0.3, -0.25) is 0 Å². The van der Waals surface area contributed by atoms with Crippen LogP contribution < -0.4 is 11.1 Å². The molecule has 0 radical (unpaired) electrons. The summed E-state index contributed by atoms with van der Waals surface area (Å²) in [5, 5.41) is 3.78. The third-order valence-corrected chi connectivity index (χ3v) is 4.65. The molecule has 0 amide bonds. The smallest absolute Gasteiger partial charge is 0.137 e. The number of benzene rings is 1. The van der Waals surface area contributed by atoms with Gasteiger partial charge in [0.2, 0.25) is 0 Å². The van der Waals surface area contributed by atoms with Crippen LogP contribution in [0.15, 0.2) is 30.4 Å². The first kappa shape index (κ1) is 13.3. The van der Waals surface area contributed by atoms with E-state index in [4.69, 9.17) is 23.2 Å². The molecule has 1 saturated heterocycles. The maximum absolute atomic E-state index is 8.44. The number of anilines is 1. The maximum atomic E-state index is 8.44. The van der Waals surface area contributed by atoms with Gasteiger partial charge in [-0.15, -0.1) is 0 Å². The third kappa shape index (κ3) is 3.01. The van der Waals surface area contributed by atoms with Gasteiger partial charge in [0.15, 0.2) is 0 Å². The lowest BCUT2D eigenvalue weighted by Crippen LogP contribution is -2.61. The Balaban J connectivity index is 1.77. The van der Waals surface area contributed by atoms with Gasteiger partial charge in [-0.25, -0.2) is 9.97 Å². The van der Waals surface area contributed by atoms with E-state index < -0.39 is 12.0 Å². The van der Waals surface area contributed by atoms with Crippen LogP contribution in [0.4, 0.5) is 5.82 Å². The summed E-state index contributed by atoms with van der Waals surface area (Å²) in [6.07, 6.45) is 7.30. The van der Waals surface area contributed by atoms with Crippen molar-refractivity contribution in [1.82, 2.24) is 9.97 Å². The Kier molecular flexibility index (Phi) is 3.41. The van der Waals surface area contributed by atoms with E-state index in [1.54, 1.807) is 0 Å². The van der Waals surface area contributed by atoms with Gasteiger partial charge in [-0.05, 0) is 38.3 Å². The molecule has 2 aromatic rings. The summed E-state index contributed by atoms with van der Waals surface area (Å²) in [5.74, 6) is 1.53. The van der Waals surface area contributed by atoms with Gasteiger partial charge in [-0.1, -0.05) is 23.8 Å². The van der Waals surface area contributed by atoms with Gasteiger partial charge >= 0.3 is 0 Å². The SMILES string of the molecule is [2H]C([2H])(Nc1nc(C2CC=CCC2)nc2ccc(C)cc12)C1(N)COC1. The molecular weight excluding hydrogens is 300 g/mol. The summed E-state index contributed by atoms with van der Waals surface area (Å²) in [6.45, 7) is 0.548. The van der Waals surface area contributed by atoms with Gasteiger partial charge < -0.3 is 15.8 Å². The molecule has 24 heavy (non-hydrogen) atoms. The Hall–Kier alpha value is -1.98. The second-order valence-electron chi connectivity index (χ2n) is 6.83. The Labute approximate surface area is 145 Å².